The van der Waals surface area contributed by atoms with E-state index in [9.17, 15) is 4.39 Å². The highest BCUT2D eigenvalue weighted by Gasteiger charge is 2.00. The van der Waals surface area contributed by atoms with Gasteiger partial charge in [0.2, 0.25) is 0 Å². The first-order valence-corrected chi connectivity index (χ1v) is 6.27. The zero-order chi connectivity index (χ0) is 12.1. The number of hydrogen-bond donors (Lipinski definition) is 1. The number of rotatable bonds is 5. The second-order valence-corrected chi connectivity index (χ2v) is 4.77. The Morgan fingerprint density at radius 3 is 2.88 bits per heavy atom. The predicted octanol–water partition coefficient (Wildman–Crippen LogP) is 3.23. The molecule has 0 aliphatic heterocycles. The lowest BCUT2D eigenvalue weighted by atomic mass is 10.2. The van der Waals surface area contributed by atoms with Gasteiger partial charge in [-0.05, 0) is 29.1 Å². The van der Waals surface area contributed by atoms with Gasteiger partial charge in [-0.3, -0.25) is 0 Å². The largest absolute Gasteiger partial charge is 0.396 e. The maximum absolute atomic E-state index is 13.1. The minimum Gasteiger partial charge on any atom is -0.396 e. The maximum Gasteiger partial charge on any atom is 0.146 e. The first-order chi connectivity index (χ1) is 8.25. The molecule has 17 heavy (non-hydrogen) atoms. The zero-order valence-corrected chi connectivity index (χ0v) is 10.2. The number of thiophene rings is 1. The monoisotopic (exact) mass is 251 g/mol. The van der Waals surface area contributed by atoms with Gasteiger partial charge in [0.1, 0.15) is 5.82 Å². The van der Waals surface area contributed by atoms with Crippen LogP contribution in [0.15, 0.2) is 35.7 Å². The molecule has 0 amide bonds. The molecule has 1 heterocycles. The van der Waals surface area contributed by atoms with Gasteiger partial charge in [0, 0.05) is 11.3 Å². The molecule has 0 atom stereocenters. The summed E-state index contributed by atoms with van der Waals surface area (Å²) in [6.45, 7) is 1.06. The number of halogens is 1. The molecule has 2 rings (SSSR count). The molecule has 0 unspecified atom stereocenters. The van der Waals surface area contributed by atoms with Crippen LogP contribution in [-0.4, -0.2) is 6.61 Å². The van der Waals surface area contributed by atoms with E-state index in [1.165, 1.54) is 10.9 Å². The lowest BCUT2D eigenvalue weighted by Crippen LogP contribution is -1.99. The Morgan fingerprint density at radius 2 is 2.18 bits per heavy atom. The van der Waals surface area contributed by atoms with Crippen LogP contribution in [0.1, 0.15) is 10.4 Å². The van der Waals surface area contributed by atoms with Gasteiger partial charge in [0.15, 0.2) is 0 Å². The Morgan fingerprint density at radius 1 is 1.29 bits per heavy atom. The Balaban J connectivity index is 1.76. The molecule has 0 aliphatic rings. The van der Waals surface area contributed by atoms with Crippen molar-refractivity contribution in [3.05, 3.63) is 52.0 Å². The van der Waals surface area contributed by atoms with Crippen LogP contribution in [0.2, 0.25) is 0 Å². The van der Waals surface area contributed by atoms with Gasteiger partial charge in [-0.25, -0.2) is 4.39 Å². The van der Waals surface area contributed by atoms with Crippen LogP contribution in [0.25, 0.3) is 0 Å². The maximum atomic E-state index is 13.1. The van der Waals surface area contributed by atoms with Crippen molar-refractivity contribution in [3.8, 4) is 0 Å². The van der Waals surface area contributed by atoms with Crippen molar-refractivity contribution in [2.45, 2.75) is 13.0 Å². The van der Waals surface area contributed by atoms with Gasteiger partial charge in [-0.15, -0.1) is 11.3 Å². The summed E-state index contributed by atoms with van der Waals surface area (Å²) in [5.74, 6) is -0.385. The summed E-state index contributed by atoms with van der Waals surface area (Å²) in [6, 6.07) is 8.86. The quantitative estimate of drug-likeness (QED) is 0.654. The standard InChI is InChI=1S/C13H14FNOS/c14-12-8-10(3-4-13(12)15)9-16-6-5-11-2-1-7-17-11/h1-4,7-8H,5-6,9,15H2. The summed E-state index contributed by atoms with van der Waals surface area (Å²) in [5, 5.41) is 2.05. The van der Waals surface area contributed by atoms with Gasteiger partial charge >= 0.3 is 0 Å². The smallest absolute Gasteiger partial charge is 0.146 e. The van der Waals surface area contributed by atoms with E-state index in [4.69, 9.17) is 10.5 Å². The molecule has 0 spiro atoms. The van der Waals surface area contributed by atoms with E-state index in [0.29, 0.717) is 13.2 Å². The third kappa shape index (κ3) is 3.54. The molecule has 4 heteroatoms. The molecule has 0 radical (unpaired) electrons. The van der Waals surface area contributed by atoms with Crippen molar-refractivity contribution < 1.29 is 9.13 Å². The van der Waals surface area contributed by atoms with Crippen molar-refractivity contribution >= 4 is 17.0 Å². The lowest BCUT2D eigenvalue weighted by molar-refractivity contribution is 0.124. The van der Waals surface area contributed by atoms with Crippen molar-refractivity contribution in [3.63, 3.8) is 0 Å². The second-order valence-electron chi connectivity index (χ2n) is 3.74. The fourth-order valence-electron chi connectivity index (χ4n) is 1.48. The summed E-state index contributed by atoms with van der Waals surface area (Å²) in [5.41, 5.74) is 6.37. The number of benzene rings is 1. The van der Waals surface area contributed by atoms with Gasteiger partial charge in [-0.2, -0.15) is 0 Å². The third-order valence-corrected chi connectivity index (χ3v) is 3.34. The van der Waals surface area contributed by atoms with E-state index in [1.807, 2.05) is 11.4 Å². The van der Waals surface area contributed by atoms with Crippen molar-refractivity contribution in [2.24, 2.45) is 0 Å². The highest BCUT2D eigenvalue weighted by Crippen LogP contribution is 2.13. The van der Waals surface area contributed by atoms with Crippen LogP contribution in [0, 0.1) is 5.82 Å². The predicted molar refractivity (Wildman–Crippen MR) is 68.5 cm³/mol. The van der Waals surface area contributed by atoms with E-state index in [1.54, 1.807) is 23.5 Å². The number of anilines is 1. The van der Waals surface area contributed by atoms with Crippen LogP contribution in [0.3, 0.4) is 0 Å². The van der Waals surface area contributed by atoms with E-state index in [0.717, 1.165) is 12.0 Å². The second kappa shape index (κ2) is 5.80. The molecular weight excluding hydrogens is 237 g/mol. The molecule has 90 valence electrons. The van der Waals surface area contributed by atoms with Crippen LogP contribution in [0.5, 0.6) is 0 Å². The van der Waals surface area contributed by atoms with Crippen molar-refractivity contribution in [1.82, 2.24) is 0 Å². The minimum atomic E-state index is -0.385. The van der Waals surface area contributed by atoms with Gasteiger partial charge in [-0.1, -0.05) is 12.1 Å². The molecule has 2 N–H and O–H groups in total. The van der Waals surface area contributed by atoms with Gasteiger partial charge in [0.05, 0.1) is 18.9 Å². The van der Waals surface area contributed by atoms with Crippen molar-refractivity contribution in [2.75, 3.05) is 12.3 Å². The normalized spacial score (nSPS) is 10.6. The molecule has 1 aromatic carbocycles. The molecule has 0 bridgehead atoms. The number of hydrogen-bond acceptors (Lipinski definition) is 3. The first-order valence-electron chi connectivity index (χ1n) is 5.40. The average molecular weight is 251 g/mol. The van der Waals surface area contributed by atoms with Crippen LogP contribution in [0.4, 0.5) is 10.1 Å². The topological polar surface area (TPSA) is 35.2 Å². The van der Waals surface area contributed by atoms with Crippen molar-refractivity contribution in [1.29, 1.82) is 0 Å². The van der Waals surface area contributed by atoms with Gasteiger partial charge in [0.25, 0.3) is 0 Å². The van der Waals surface area contributed by atoms with E-state index in [-0.39, 0.29) is 11.5 Å². The van der Waals surface area contributed by atoms with Crippen LogP contribution < -0.4 is 5.73 Å². The van der Waals surface area contributed by atoms with Gasteiger partial charge < -0.3 is 10.5 Å². The molecule has 1 aromatic heterocycles. The number of nitrogen functional groups attached to an aromatic ring is 1. The molecule has 0 fully saturated rings. The molecule has 0 saturated heterocycles. The van der Waals surface area contributed by atoms with Crippen LogP contribution in [-0.2, 0) is 17.8 Å². The number of nitrogens with two attached hydrogens (primary N) is 1. The molecular formula is C13H14FNOS. The Bertz CT molecular complexity index is 470. The molecule has 2 aromatic rings. The summed E-state index contributed by atoms with van der Waals surface area (Å²) in [7, 11) is 0. The highest BCUT2D eigenvalue weighted by molar-refractivity contribution is 7.09. The Kier molecular flexibility index (Phi) is 4.12. The minimum absolute atomic E-state index is 0.173. The number of ether oxygens (including phenoxy) is 1. The molecule has 2 nitrogen and oxygen atoms in total. The Hall–Kier alpha value is -1.39. The zero-order valence-electron chi connectivity index (χ0n) is 9.36. The molecule has 0 saturated carbocycles. The van der Waals surface area contributed by atoms with Crippen LogP contribution >= 0.6 is 11.3 Å². The van der Waals surface area contributed by atoms with E-state index < -0.39 is 0 Å². The summed E-state index contributed by atoms with van der Waals surface area (Å²) in [6.07, 6.45) is 0.898. The van der Waals surface area contributed by atoms with E-state index >= 15 is 0 Å². The first kappa shape index (κ1) is 12.1. The highest BCUT2D eigenvalue weighted by atomic mass is 32.1. The molecule has 0 aliphatic carbocycles. The lowest BCUT2D eigenvalue weighted by Gasteiger charge is -2.04. The SMILES string of the molecule is Nc1ccc(COCCc2cccs2)cc1F. The summed E-state index contributed by atoms with van der Waals surface area (Å²) >= 11 is 1.72. The average Bonchev–Trinajstić information content (AvgIpc) is 2.82. The van der Waals surface area contributed by atoms with E-state index in [2.05, 4.69) is 6.07 Å². The fraction of sp³-hybridized carbons (Fsp3) is 0.231. The summed E-state index contributed by atoms with van der Waals surface area (Å²) < 4.78 is 18.6. The summed E-state index contributed by atoms with van der Waals surface area (Å²) in [4.78, 5) is 1.30. The Labute approximate surface area is 104 Å². The fourth-order valence-corrected chi connectivity index (χ4v) is 2.17. The third-order valence-electron chi connectivity index (χ3n) is 2.41.